The number of ether oxygens (including phenoxy) is 6. The Morgan fingerprint density at radius 3 is 1.85 bits per heavy atom. The average molecular weight is 386 g/mol. The quantitative estimate of drug-likeness (QED) is 0.328. The second-order valence-electron chi connectivity index (χ2n) is 5.58. The third-order valence-electron chi connectivity index (χ3n) is 3.28. The van der Waals surface area contributed by atoms with Crippen molar-refractivity contribution in [2.24, 2.45) is 0 Å². The number of carbonyl (C=O) groups excluding carboxylic acids is 4. The molecule has 0 bridgehead atoms. The van der Waals surface area contributed by atoms with Crippen LogP contribution in [0.4, 0.5) is 0 Å². The normalized spacial score (nSPS) is 27.0. The van der Waals surface area contributed by atoms with Crippen LogP contribution in [0, 0.1) is 12.3 Å². The summed E-state index contributed by atoms with van der Waals surface area (Å²) < 4.78 is 31.5. The third kappa shape index (κ3) is 7.24. The molecule has 0 aromatic carbocycles. The van der Waals surface area contributed by atoms with E-state index in [9.17, 15) is 19.2 Å². The lowest BCUT2D eigenvalue weighted by atomic mass is 9.98. The molecule has 0 amide bonds. The maximum absolute atomic E-state index is 11.6. The zero-order chi connectivity index (χ0) is 20.6. The maximum atomic E-state index is 11.6. The molecular formula is C17H22O10. The van der Waals surface area contributed by atoms with Gasteiger partial charge in [-0.15, -0.1) is 6.42 Å². The zero-order valence-electron chi connectivity index (χ0n) is 15.5. The first-order valence-electron chi connectivity index (χ1n) is 8.01. The molecule has 27 heavy (non-hydrogen) atoms. The molecule has 1 heterocycles. The summed E-state index contributed by atoms with van der Waals surface area (Å²) in [4.78, 5) is 45.7. The van der Waals surface area contributed by atoms with Gasteiger partial charge in [-0.25, -0.2) is 0 Å². The minimum atomic E-state index is -1.27. The molecule has 0 unspecified atom stereocenters. The lowest BCUT2D eigenvalue weighted by Gasteiger charge is -2.43. The van der Waals surface area contributed by atoms with Gasteiger partial charge in [0, 0.05) is 27.7 Å². The molecule has 0 aliphatic carbocycles. The van der Waals surface area contributed by atoms with Crippen LogP contribution in [0.15, 0.2) is 0 Å². The van der Waals surface area contributed by atoms with E-state index in [1.807, 2.05) is 0 Å². The number of carbonyl (C=O) groups is 4. The van der Waals surface area contributed by atoms with Gasteiger partial charge in [0.25, 0.3) is 0 Å². The number of rotatable bonds is 7. The Labute approximate surface area is 156 Å². The fourth-order valence-electron chi connectivity index (χ4n) is 2.45. The molecule has 5 atom stereocenters. The summed E-state index contributed by atoms with van der Waals surface area (Å²) in [6.45, 7) is 4.05. The Bertz CT molecular complexity index is 607. The highest BCUT2D eigenvalue weighted by atomic mass is 16.7. The Hall–Kier alpha value is -2.64. The lowest BCUT2D eigenvalue weighted by molar-refractivity contribution is -0.305. The van der Waals surface area contributed by atoms with Crippen molar-refractivity contribution in [2.75, 3.05) is 13.2 Å². The number of esters is 4. The van der Waals surface area contributed by atoms with Crippen molar-refractivity contribution < 1.29 is 47.6 Å². The van der Waals surface area contributed by atoms with E-state index in [2.05, 4.69) is 5.92 Å². The van der Waals surface area contributed by atoms with Gasteiger partial charge in [-0.3, -0.25) is 19.2 Å². The molecule has 10 heteroatoms. The van der Waals surface area contributed by atoms with Crippen molar-refractivity contribution >= 4 is 23.9 Å². The standard InChI is InChI=1S/C17H22O10/c1-6-7-22-17-16(26-12(5)21)15(25-11(4)20)14(24-10(3)19)13(27-17)8-23-9(2)18/h1,13-17H,7-8H2,2-5H3/t13-,14-,15+,16-,17-/m1/s1. The molecule has 1 aliphatic rings. The zero-order valence-corrected chi connectivity index (χ0v) is 15.5. The second-order valence-corrected chi connectivity index (χ2v) is 5.58. The van der Waals surface area contributed by atoms with Crippen molar-refractivity contribution in [2.45, 2.75) is 58.4 Å². The van der Waals surface area contributed by atoms with Gasteiger partial charge in [0.05, 0.1) is 0 Å². The first-order valence-corrected chi connectivity index (χ1v) is 8.01. The summed E-state index contributed by atoms with van der Waals surface area (Å²) in [7, 11) is 0. The minimum absolute atomic E-state index is 0.201. The van der Waals surface area contributed by atoms with Crippen LogP contribution in [-0.2, 0) is 47.6 Å². The first-order chi connectivity index (χ1) is 12.6. The third-order valence-corrected chi connectivity index (χ3v) is 3.28. The molecule has 1 fully saturated rings. The van der Waals surface area contributed by atoms with E-state index < -0.39 is 54.6 Å². The Morgan fingerprint density at radius 1 is 0.852 bits per heavy atom. The summed E-state index contributed by atoms with van der Waals surface area (Å²) in [5, 5.41) is 0. The second kappa shape index (κ2) is 10.5. The molecule has 150 valence electrons. The molecule has 1 rings (SSSR count). The smallest absolute Gasteiger partial charge is 0.303 e. The van der Waals surface area contributed by atoms with E-state index in [1.54, 1.807) is 0 Å². The molecule has 1 aliphatic heterocycles. The van der Waals surface area contributed by atoms with Crippen LogP contribution in [-0.4, -0.2) is 67.8 Å². The minimum Gasteiger partial charge on any atom is -0.463 e. The Kier molecular flexibility index (Phi) is 8.71. The Balaban J connectivity index is 3.25. The highest BCUT2D eigenvalue weighted by molar-refractivity contribution is 5.68. The van der Waals surface area contributed by atoms with Crippen molar-refractivity contribution in [1.29, 1.82) is 0 Å². The van der Waals surface area contributed by atoms with E-state index in [1.165, 1.54) is 6.92 Å². The van der Waals surface area contributed by atoms with Gasteiger partial charge < -0.3 is 28.4 Å². The molecular weight excluding hydrogens is 364 g/mol. The molecule has 1 saturated heterocycles. The van der Waals surface area contributed by atoms with Crippen molar-refractivity contribution in [1.82, 2.24) is 0 Å². The van der Waals surface area contributed by atoms with E-state index in [-0.39, 0.29) is 13.2 Å². The molecule has 0 radical (unpaired) electrons. The topological polar surface area (TPSA) is 124 Å². The molecule has 0 spiro atoms. The number of hydrogen-bond donors (Lipinski definition) is 0. The Morgan fingerprint density at radius 2 is 1.37 bits per heavy atom. The number of hydrogen-bond acceptors (Lipinski definition) is 10. The van der Waals surface area contributed by atoms with Crippen LogP contribution in [0.2, 0.25) is 0 Å². The van der Waals surface area contributed by atoms with Crippen LogP contribution >= 0.6 is 0 Å². The monoisotopic (exact) mass is 386 g/mol. The predicted octanol–water partition coefficient (Wildman–Crippen LogP) is -0.281. The molecule has 0 saturated carbocycles. The van der Waals surface area contributed by atoms with Gasteiger partial charge in [-0.1, -0.05) is 5.92 Å². The fraction of sp³-hybridized carbons (Fsp3) is 0.647. The predicted molar refractivity (Wildman–Crippen MR) is 86.7 cm³/mol. The van der Waals surface area contributed by atoms with Gasteiger partial charge in [-0.05, 0) is 0 Å². The van der Waals surface area contributed by atoms with E-state index in [0.717, 1.165) is 20.8 Å². The van der Waals surface area contributed by atoms with Crippen LogP contribution in [0.5, 0.6) is 0 Å². The van der Waals surface area contributed by atoms with Gasteiger partial charge in [0.2, 0.25) is 0 Å². The lowest BCUT2D eigenvalue weighted by Crippen LogP contribution is -2.62. The molecule has 0 aromatic rings. The first kappa shape index (κ1) is 22.4. The van der Waals surface area contributed by atoms with Gasteiger partial charge in [-0.2, -0.15) is 0 Å². The van der Waals surface area contributed by atoms with Crippen LogP contribution in [0.1, 0.15) is 27.7 Å². The van der Waals surface area contributed by atoms with Crippen molar-refractivity contribution in [3.63, 3.8) is 0 Å². The van der Waals surface area contributed by atoms with Crippen LogP contribution in [0.3, 0.4) is 0 Å². The van der Waals surface area contributed by atoms with Crippen LogP contribution in [0.25, 0.3) is 0 Å². The summed E-state index contributed by atoms with van der Waals surface area (Å²) in [6, 6.07) is 0. The average Bonchev–Trinajstić information content (AvgIpc) is 2.54. The van der Waals surface area contributed by atoms with Gasteiger partial charge in [0.1, 0.15) is 19.3 Å². The summed E-state index contributed by atoms with van der Waals surface area (Å²) >= 11 is 0. The highest BCUT2D eigenvalue weighted by Gasteiger charge is 2.52. The van der Waals surface area contributed by atoms with Gasteiger partial charge >= 0.3 is 23.9 Å². The summed E-state index contributed by atoms with van der Waals surface area (Å²) in [6.07, 6.45) is -0.894. The van der Waals surface area contributed by atoms with Gasteiger partial charge in [0.15, 0.2) is 24.6 Å². The van der Waals surface area contributed by atoms with Crippen LogP contribution < -0.4 is 0 Å². The molecule has 0 N–H and O–H groups in total. The summed E-state index contributed by atoms with van der Waals surface area (Å²) in [5.41, 5.74) is 0. The fourth-order valence-corrected chi connectivity index (χ4v) is 2.45. The van der Waals surface area contributed by atoms with Crippen molar-refractivity contribution in [3.8, 4) is 12.3 Å². The van der Waals surface area contributed by atoms with E-state index in [0.29, 0.717) is 0 Å². The number of terminal acetylenes is 1. The molecule has 0 aromatic heterocycles. The summed E-state index contributed by atoms with van der Waals surface area (Å²) in [5.74, 6) is -0.519. The van der Waals surface area contributed by atoms with Crippen molar-refractivity contribution in [3.05, 3.63) is 0 Å². The van der Waals surface area contributed by atoms with E-state index >= 15 is 0 Å². The highest BCUT2D eigenvalue weighted by Crippen LogP contribution is 2.29. The SMILES string of the molecule is C#CCO[C@@H]1O[C@H](COC(C)=O)[C@@H](OC(C)=O)[C@H](OC(C)=O)[C@H]1OC(C)=O. The maximum Gasteiger partial charge on any atom is 0.303 e. The largest absolute Gasteiger partial charge is 0.463 e. The molecule has 10 nitrogen and oxygen atoms in total. The van der Waals surface area contributed by atoms with E-state index in [4.69, 9.17) is 34.8 Å².